The average molecular weight is 446 g/mol. The number of piperidine rings is 2. The van der Waals surface area contributed by atoms with E-state index in [0.29, 0.717) is 18.8 Å². The number of sulfonamides is 1. The largest absolute Gasteiger partial charge is 0.370 e. The molecule has 0 unspecified atom stereocenters. The summed E-state index contributed by atoms with van der Waals surface area (Å²) < 4.78 is 42.0. The maximum Gasteiger partial charge on any atom is 0.258 e. The zero-order valence-electron chi connectivity index (χ0n) is 17.5. The van der Waals surface area contributed by atoms with Gasteiger partial charge < -0.3 is 10.2 Å². The third-order valence-corrected chi connectivity index (χ3v) is 7.88. The Hall–Kier alpha value is -2.45. The molecule has 2 fully saturated rings. The molecule has 0 aliphatic carbocycles. The average Bonchev–Trinajstić information content (AvgIpc) is 2.80. The standard InChI is InChI=1S/C23H28FN3O3S/c24-20-10-4-3-9-19(20)23(28)25-21-17-18(31(29,30)27-15-7-2-8-16-27)11-12-22(21)26-13-5-1-6-14-26/h3-4,9-12,17H,1-2,5-8,13-16H2,(H,25,28). The molecule has 6 nitrogen and oxygen atoms in total. The number of rotatable bonds is 5. The molecule has 2 aromatic rings. The molecule has 166 valence electrons. The third kappa shape index (κ3) is 4.75. The fraction of sp³-hybridized carbons (Fsp3) is 0.435. The van der Waals surface area contributed by atoms with E-state index in [1.54, 1.807) is 18.2 Å². The van der Waals surface area contributed by atoms with Gasteiger partial charge in [0.15, 0.2) is 0 Å². The summed E-state index contributed by atoms with van der Waals surface area (Å²) in [4.78, 5) is 15.1. The Labute approximate surface area is 183 Å². The van der Waals surface area contributed by atoms with E-state index in [2.05, 4.69) is 10.2 Å². The number of anilines is 2. The van der Waals surface area contributed by atoms with Gasteiger partial charge in [-0.15, -0.1) is 0 Å². The monoisotopic (exact) mass is 445 g/mol. The second-order valence-corrected chi connectivity index (χ2v) is 10.1. The van der Waals surface area contributed by atoms with E-state index in [9.17, 15) is 17.6 Å². The summed E-state index contributed by atoms with van der Waals surface area (Å²) in [6, 6.07) is 10.7. The molecule has 0 bridgehead atoms. The van der Waals surface area contributed by atoms with Crippen LogP contribution < -0.4 is 10.2 Å². The Kier molecular flexibility index (Phi) is 6.57. The summed E-state index contributed by atoms with van der Waals surface area (Å²) in [6.07, 6.45) is 5.95. The van der Waals surface area contributed by atoms with Gasteiger partial charge in [0.25, 0.3) is 5.91 Å². The zero-order chi connectivity index (χ0) is 21.8. The first kappa shape index (κ1) is 21.8. The first-order valence-electron chi connectivity index (χ1n) is 10.9. The summed E-state index contributed by atoms with van der Waals surface area (Å²) in [7, 11) is -3.65. The minimum Gasteiger partial charge on any atom is -0.370 e. The Morgan fingerprint density at radius 1 is 0.871 bits per heavy atom. The van der Waals surface area contributed by atoms with Crippen molar-refractivity contribution in [1.29, 1.82) is 0 Å². The SMILES string of the molecule is O=C(Nc1cc(S(=O)(=O)N2CCCCC2)ccc1N1CCCCC1)c1ccccc1F. The molecule has 0 saturated carbocycles. The highest BCUT2D eigenvalue weighted by Crippen LogP contribution is 2.33. The van der Waals surface area contributed by atoms with Crippen LogP contribution in [-0.4, -0.2) is 44.8 Å². The lowest BCUT2D eigenvalue weighted by Gasteiger charge is -2.31. The molecule has 0 radical (unpaired) electrons. The molecule has 0 aromatic heterocycles. The fourth-order valence-electron chi connectivity index (χ4n) is 4.28. The number of amides is 1. The quantitative estimate of drug-likeness (QED) is 0.747. The van der Waals surface area contributed by atoms with Crippen LogP contribution >= 0.6 is 0 Å². The lowest BCUT2D eigenvalue weighted by atomic mass is 10.1. The van der Waals surface area contributed by atoms with Crippen molar-refractivity contribution in [3.63, 3.8) is 0 Å². The number of nitrogens with one attached hydrogen (secondary N) is 1. The van der Waals surface area contributed by atoms with Crippen molar-refractivity contribution in [2.45, 2.75) is 43.4 Å². The minimum atomic E-state index is -3.65. The minimum absolute atomic E-state index is 0.0728. The predicted octanol–water partition coefficient (Wildman–Crippen LogP) is 4.24. The first-order valence-corrected chi connectivity index (χ1v) is 12.4. The van der Waals surface area contributed by atoms with Crippen LogP contribution in [-0.2, 0) is 10.0 Å². The molecule has 0 spiro atoms. The van der Waals surface area contributed by atoms with Crippen LogP contribution in [0, 0.1) is 5.82 Å². The summed E-state index contributed by atoms with van der Waals surface area (Å²) in [5, 5.41) is 2.78. The molecule has 1 N–H and O–H groups in total. The van der Waals surface area contributed by atoms with Gasteiger partial charge in [-0.05, 0) is 62.4 Å². The van der Waals surface area contributed by atoms with Crippen LogP contribution in [0.5, 0.6) is 0 Å². The molecule has 0 atom stereocenters. The zero-order valence-corrected chi connectivity index (χ0v) is 18.3. The molecule has 2 heterocycles. The van der Waals surface area contributed by atoms with Crippen LogP contribution in [0.3, 0.4) is 0 Å². The van der Waals surface area contributed by atoms with Crippen molar-refractivity contribution in [3.8, 4) is 0 Å². The van der Waals surface area contributed by atoms with Gasteiger partial charge in [-0.3, -0.25) is 4.79 Å². The van der Waals surface area contributed by atoms with Crippen LogP contribution in [0.4, 0.5) is 15.8 Å². The van der Waals surface area contributed by atoms with Gasteiger partial charge in [-0.25, -0.2) is 12.8 Å². The molecule has 2 saturated heterocycles. The van der Waals surface area contributed by atoms with E-state index in [0.717, 1.165) is 57.3 Å². The van der Waals surface area contributed by atoms with Crippen molar-refractivity contribution in [1.82, 2.24) is 4.31 Å². The van der Waals surface area contributed by atoms with Crippen LogP contribution in [0.1, 0.15) is 48.9 Å². The molecular weight excluding hydrogens is 417 g/mol. The molecule has 4 rings (SSSR count). The lowest BCUT2D eigenvalue weighted by molar-refractivity contribution is 0.102. The van der Waals surface area contributed by atoms with Crippen molar-refractivity contribution in [3.05, 3.63) is 53.8 Å². The molecule has 8 heteroatoms. The Balaban J connectivity index is 1.69. The summed E-state index contributed by atoms with van der Waals surface area (Å²) in [5.74, 6) is -1.21. The highest BCUT2D eigenvalue weighted by atomic mass is 32.2. The topological polar surface area (TPSA) is 69.7 Å². The normalized spacial score (nSPS) is 18.0. The maximum absolute atomic E-state index is 14.1. The summed E-state index contributed by atoms with van der Waals surface area (Å²) >= 11 is 0. The Morgan fingerprint density at radius 2 is 1.52 bits per heavy atom. The van der Waals surface area contributed by atoms with Gasteiger partial charge in [-0.2, -0.15) is 4.31 Å². The van der Waals surface area contributed by atoms with Gasteiger partial charge in [0.05, 0.1) is 21.8 Å². The van der Waals surface area contributed by atoms with E-state index in [1.807, 2.05) is 0 Å². The van der Waals surface area contributed by atoms with Crippen LogP contribution in [0.2, 0.25) is 0 Å². The van der Waals surface area contributed by atoms with Gasteiger partial charge in [0.1, 0.15) is 5.82 Å². The highest BCUT2D eigenvalue weighted by molar-refractivity contribution is 7.89. The maximum atomic E-state index is 14.1. The molecule has 2 aliphatic heterocycles. The highest BCUT2D eigenvalue weighted by Gasteiger charge is 2.28. The number of hydrogen-bond acceptors (Lipinski definition) is 4. The smallest absolute Gasteiger partial charge is 0.258 e. The molecule has 2 aliphatic rings. The summed E-state index contributed by atoms with van der Waals surface area (Å²) in [6.45, 7) is 2.68. The van der Waals surface area contributed by atoms with Crippen molar-refractivity contribution < 1.29 is 17.6 Å². The Bertz CT molecular complexity index is 1050. The number of carbonyl (C=O) groups excluding carboxylic acids is 1. The molecule has 2 aromatic carbocycles. The number of carbonyl (C=O) groups is 1. The number of hydrogen-bond donors (Lipinski definition) is 1. The van der Waals surface area contributed by atoms with Gasteiger partial charge in [-0.1, -0.05) is 18.6 Å². The number of benzene rings is 2. The predicted molar refractivity (Wildman–Crippen MR) is 119 cm³/mol. The van der Waals surface area contributed by atoms with E-state index in [-0.39, 0.29) is 10.5 Å². The molecule has 31 heavy (non-hydrogen) atoms. The van der Waals surface area contributed by atoms with Crippen molar-refractivity contribution in [2.24, 2.45) is 0 Å². The van der Waals surface area contributed by atoms with Gasteiger partial charge >= 0.3 is 0 Å². The number of halogens is 1. The Morgan fingerprint density at radius 3 is 2.19 bits per heavy atom. The second kappa shape index (κ2) is 9.36. The fourth-order valence-corrected chi connectivity index (χ4v) is 5.82. The number of nitrogens with zero attached hydrogens (tertiary/aromatic N) is 2. The van der Waals surface area contributed by atoms with E-state index < -0.39 is 21.7 Å². The van der Waals surface area contributed by atoms with Crippen LogP contribution in [0.25, 0.3) is 0 Å². The van der Waals surface area contributed by atoms with Crippen molar-refractivity contribution in [2.75, 3.05) is 36.4 Å². The summed E-state index contributed by atoms with van der Waals surface area (Å²) in [5.41, 5.74) is 1.09. The molecule has 1 amide bonds. The third-order valence-electron chi connectivity index (χ3n) is 5.98. The van der Waals surface area contributed by atoms with E-state index in [1.165, 1.54) is 28.6 Å². The van der Waals surface area contributed by atoms with Gasteiger partial charge in [0, 0.05) is 26.2 Å². The van der Waals surface area contributed by atoms with Crippen LogP contribution in [0.15, 0.2) is 47.4 Å². The lowest BCUT2D eigenvalue weighted by Crippen LogP contribution is -2.36. The van der Waals surface area contributed by atoms with Crippen molar-refractivity contribution >= 4 is 27.3 Å². The van der Waals surface area contributed by atoms with E-state index in [4.69, 9.17) is 0 Å². The second-order valence-electron chi connectivity index (χ2n) is 8.13. The first-order chi connectivity index (χ1) is 15.0. The van der Waals surface area contributed by atoms with E-state index >= 15 is 0 Å². The molecular formula is C23H28FN3O3S. The van der Waals surface area contributed by atoms with Gasteiger partial charge in [0.2, 0.25) is 10.0 Å².